The quantitative estimate of drug-likeness (QED) is 0.336. The van der Waals surface area contributed by atoms with Crippen LogP contribution in [0.15, 0.2) is 52.7 Å². The SMILES string of the molecule is Cc1cc(N(CC(C)Br)CC(C)Br)ccc1N=Nc1ccccc1C(=O)O. The number of hydrogen-bond acceptors (Lipinski definition) is 4. The molecule has 2 aromatic carbocycles. The first kappa shape index (κ1) is 21.6. The predicted molar refractivity (Wildman–Crippen MR) is 118 cm³/mol. The van der Waals surface area contributed by atoms with Crippen LogP contribution in [0.25, 0.3) is 0 Å². The van der Waals surface area contributed by atoms with Crippen LogP contribution >= 0.6 is 31.9 Å². The molecule has 0 radical (unpaired) electrons. The fourth-order valence-electron chi connectivity index (χ4n) is 2.69. The van der Waals surface area contributed by atoms with Crippen molar-refractivity contribution in [1.82, 2.24) is 0 Å². The van der Waals surface area contributed by atoms with Gasteiger partial charge < -0.3 is 10.0 Å². The van der Waals surface area contributed by atoms with Crippen LogP contribution in [0.4, 0.5) is 17.1 Å². The second kappa shape index (κ2) is 9.99. The van der Waals surface area contributed by atoms with Crippen molar-refractivity contribution >= 4 is 54.9 Å². The summed E-state index contributed by atoms with van der Waals surface area (Å²) in [6, 6.07) is 12.6. The average Bonchev–Trinajstić information content (AvgIpc) is 2.59. The Morgan fingerprint density at radius 3 is 2.19 bits per heavy atom. The molecule has 0 amide bonds. The average molecular weight is 497 g/mol. The van der Waals surface area contributed by atoms with Gasteiger partial charge in [-0.25, -0.2) is 4.79 Å². The number of hydrogen-bond donors (Lipinski definition) is 1. The maximum Gasteiger partial charge on any atom is 0.337 e. The van der Waals surface area contributed by atoms with E-state index >= 15 is 0 Å². The number of alkyl halides is 2. The van der Waals surface area contributed by atoms with Gasteiger partial charge >= 0.3 is 5.97 Å². The van der Waals surface area contributed by atoms with Crippen LogP contribution in [-0.2, 0) is 0 Å². The number of rotatable bonds is 8. The van der Waals surface area contributed by atoms with Gasteiger partial charge in [0.25, 0.3) is 0 Å². The van der Waals surface area contributed by atoms with Crippen molar-refractivity contribution in [3.63, 3.8) is 0 Å². The predicted octanol–water partition coefficient (Wildman–Crippen LogP) is 6.48. The van der Waals surface area contributed by atoms with E-state index in [1.165, 1.54) is 6.07 Å². The highest BCUT2D eigenvalue weighted by atomic mass is 79.9. The molecule has 5 nitrogen and oxygen atoms in total. The van der Waals surface area contributed by atoms with E-state index in [1.54, 1.807) is 18.2 Å². The third-order valence-electron chi connectivity index (χ3n) is 3.89. The molecule has 2 rings (SSSR count). The summed E-state index contributed by atoms with van der Waals surface area (Å²) in [5.41, 5.74) is 3.31. The Bertz CT molecular complexity index is 813. The summed E-state index contributed by atoms with van der Waals surface area (Å²) >= 11 is 7.25. The maximum absolute atomic E-state index is 11.3. The smallest absolute Gasteiger partial charge is 0.337 e. The number of carboxylic acid groups (broad SMARTS) is 1. The van der Waals surface area contributed by atoms with Gasteiger partial charge in [0, 0.05) is 28.4 Å². The number of anilines is 1. The standard InChI is InChI=1S/C20H23Br2N3O2/c1-13-10-16(25(11-14(2)21)12-15(3)22)8-9-18(13)23-24-19-7-5-4-6-17(19)20(26)27/h4-10,14-15H,11-12H2,1-3H3,(H,26,27). The fourth-order valence-corrected chi connectivity index (χ4v) is 3.39. The van der Waals surface area contributed by atoms with E-state index in [1.807, 2.05) is 19.1 Å². The molecule has 27 heavy (non-hydrogen) atoms. The molecule has 0 aromatic heterocycles. The van der Waals surface area contributed by atoms with Crippen LogP contribution < -0.4 is 4.90 Å². The lowest BCUT2D eigenvalue weighted by Gasteiger charge is -2.28. The number of azo groups is 1. The molecule has 0 aliphatic carbocycles. The van der Waals surface area contributed by atoms with E-state index in [2.05, 4.69) is 66.9 Å². The normalized spacial score (nSPS) is 13.5. The first-order valence-electron chi connectivity index (χ1n) is 8.65. The molecular formula is C20H23Br2N3O2. The summed E-state index contributed by atoms with van der Waals surface area (Å²) in [6.45, 7) is 8.02. The van der Waals surface area contributed by atoms with E-state index in [-0.39, 0.29) is 5.56 Å². The molecule has 0 bridgehead atoms. The Morgan fingerprint density at radius 1 is 1.04 bits per heavy atom. The highest BCUT2D eigenvalue weighted by molar-refractivity contribution is 9.09. The van der Waals surface area contributed by atoms with Gasteiger partial charge in [-0.2, -0.15) is 5.11 Å². The summed E-state index contributed by atoms with van der Waals surface area (Å²) in [6.07, 6.45) is 0. The maximum atomic E-state index is 11.3. The van der Waals surface area contributed by atoms with E-state index in [0.29, 0.717) is 15.3 Å². The van der Waals surface area contributed by atoms with E-state index in [0.717, 1.165) is 30.0 Å². The van der Waals surface area contributed by atoms with Crippen molar-refractivity contribution < 1.29 is 9.90 Å². The van der Waals surface area contributed by atoms with Crippen molar-refractivity contribution in [2.45, 2.75) is 30.4 Å². The highest BCUT2D eigenvalue weighted by Gasteiger charge is 2.13. The molecule has 2 unspecified atom stereocenters. The summed E-state index contributed by atoms with van der Waals surface area (Å²) in [5, 5.41) is 17.7. The van der Waals surface area contributed by atoms with Gasteiger partial charge in [-0.15, -0.1) is 5.11 Å². The van der Waals surface area contributed by atoms with Crippen LogP contribution in [0.3, 0.4) is 0 Å². The van der Waals surface area contributed by atoms with Gasteiger partial charge in [0.2, 0.25) is 0 Å². The van der Waals surface area contributed by atoms with E-state index < -0.39 is 5.97 Å². The van der Waals surface area contributed by atoms with Gasteiger partial charge in [-0.1, -0.05) is 57.8 Å². The number of aromatic carboxylic acids is 1. The third kappa shape index (κ3) is 6.43. The van der Waals surface area contributed by atoms with E-state index in [4.69, 9.17) is 0 Å². The molecule has 0 spiro atoms. The first-order chi connectivity index (χ1) is 12.8. The van der Waals surface area contributed by atoms with Crippen molar-refractivity contribution in [2.24, 2.45) is 10.2 Å². The molecule has 2 atom stereocenters. The van der Waals surface area contributed by atoms with Crippen LogP contribution in [0, 0.1) is 6.92 Å². The zero-order chi connectivity index (χ0) is 20.0. The Morgan fingerprint density at radius 2 is 1.63 bits per heavy atom. The lowest BCUT2D eigenvalue weighted by molar-refractivity contribution is 0.0697. The molecule has 7 heteroatoms. The molecule has 0 aliphatic heterocycles. The Labute approximate surface area is 176 Å². The summed E-state index contributed by atoms with van der Waals surface area (Å²) in [5.74, 6) is -1.01. The number of carboxylic acids is 1. The minimum atomic E-state index is -1.01. The molecule has 1 N–H and O–H groups in total. The Hall–Kier alpha value is -1.73. The summed E-state index contributed by atoms with van der Waals surface area (Å²) < 4.78 is 0. The Balaban J connectivity index is 2.27. The minimum Gasteiger partial charge on any atom is -0.478 e. The van der Waals surface area contributed by atoms with Gasteiger partial charge in [-0.3, -0.25) is 0 Å². The third-order valence-corrected chi connectivity index (χ3v) is 4.47. The van der Waals surface area contributed by atoms with Crippen LogP contribution in [-0.4, -0.2) is 33.8 Å². The Kier molecular flexibility index (Phi) is 7.98. The molecular weight excluding hydrogens is 474 g/mol. The second-order valence-electron chi connectivity index (χ2n) is 6.46. The molecule has 144 valence electrons. The second-order valence-corrected chi connectivity index (χ2v) is 9.59. The fraction of sp³-hybridized carbons (Fsp3) is 0.350. The number of benzene rings is 2. The largest absolute Gasteiger partial charge is 0.478 e. The topological polar surface area (TPSA) is 65.3 Å². The molecule has 0 heterocycles. The van der Waals surface area contributed by atoms with E-state index in [9.17, 15) is 9.90 Å². The summed E-state index contributed by atoms with van der Waals surface area (Å²) in [4.78, 5) is 14.3. The first-order valence-corrected chi connectivity index (χ1v) is 10.5. The lowest BCUT2D eigenvalue weighted by Crippen LogP contribution is -2.33. The lowest BCUT2D eigenvalue weighted by atomic mass is 10.1. The van der Waals surface area contributed by atoms with Gasteiger partial charge in [-0.05, 0) is 42.8 Å². The van der Waals surface area contributed by atoms with Crippen LogP contribution in [0.1, 0.15) is 29.8 Å². The zero-order valence-electron chi connectivity index (χ0n) is 15.6. The molecule has 0 aliphatic rings. The number of carbonyl (C=O) groups is 1. The molecule has 2 aromatic rings. The van der Waals surface area contributed by atoms with Crippen molar-refractivity contribution in [1.29, 1.82) is 0 Å². The van der Waals surface area contributed by atoms with Crippen molar-refractivity contribution in [2.75, 3.05) is 18.0 Å². The molecule has 0 saturated heterocycles. The van der Waals surface area contributed by atoms with Crippen molar-refractivity contribution in [3.05, 3.63) is 53.6 Å². The number of halogens is 2. The van der Waals surface area contributed by atoms with Crippen LogP contribution in [0.2, 0.25) is 0 Å². The summed E-state index contributed by atoms with van der Waals surface area (Å²) in [7, 11) is 0. The monoisotopic (exact) mass is 495 g/mol. The molecule has 0 saturated carbocycles. The highest BCUT2D eigenvalue weighted by Crippen LogP contribution is 2.28. The number of aryl methyl sites for hydroxylation is 1. The van der Waals surface area contributed by atoms with Crippen molar-refractivity contribution in [3.8, 4) is 0 Å². The van der Waals surface area contributed by atoms with Gasteiger partial charge in [0.15, 0.2) is 0 Å². The minimum absolute atomic E-state index is 0.138. The van der Waals surface area contributed by atoms with Gasteiger partial charge in [0.1, 0.15) is 5.69 Å². The van der Waals surface area contributed by atoms with Crippen LogP contribution in [0.5, 0.6) is 0 Å². The zero-order valence-corrected chi connectivity index (χ0v) is 18.7. The number of nitrogens with zero attached hydrogens (tertiary/aromatic N) is 3. The molecule has 0 fully saturated rings. The van der Waals surface area contributed by atoms with Gasteiger partial charge in [0.05, 0.1) is 11.3 Å².